The van der Waals surface area contributed by atoms with Gasteiger partial charge in [0.05, 0.1) is 11.6 Å². The van der Waals surface area contributed by atoms with Gasteiger partial charge >= 0.3 is 0 Å². The number of hydrogen-bond donors (Lipinski definition) is 2. The Morgan fingerprint density at radius 1 is 0.914 bits per heavy atom. The van der Waals surface area contributed by atoms with E-state index in [0.717, 1.165) is 41.5 Å². The van der Waals surface area contributed by atoms with Crippen LogP contribution in [0.2, 0.25) is 5.02 Å². The molecule has 1 saturated carbocycles. The van der Waals surface area contributed by atoms with E-state index in [2.05, 4.69) is 50.9 Å². The minimum atomic E-state index is 0.358. The maximum Gasteiger partial charge on any atom is 0.126 e. The van der Waals surface area contributed by atoms with Gasteiger partial charge in [-0.05, 0) is 85.3 Å². The van der Waals surface area contributed by atoms with Crippen LogP contribution in [-0.2, 0) is 0 Å². The van der Waals surface area contributed by atoms with Crippen molar-refractivity contribution in [3.63, 3.8) is 0 Å². The van der Waals surface area contributed by atoms with Crippen molar-refractivity contribution in [1.82, 2.24) is 10.3 Å². The van der Waals surface area contributed by atoms with E-state index in [1.807, 2.05) is 42.6 Å². The summed E-state index contributed by atoms with van der Waals surface area (Å²) < 4.78 is 0. The van der Waals surface area contributed by atoms with Crippen LogP contribution in [0, 0.1) is 11.3 Å². The first-order valence-electron chi connectivity index (χ1n) is 12.7. The first-order valence-corrected chi connectivity index (χ1v) is 13.1. The first-order chi connectivity index (χ1) is 17.2. The number of halogens is 1. The van der Waals surface area contributed by atoms with Crippen LogP contribution in [0.5, 0.6) is 0 Å². The van der Waals surface area contributed by atoms with Crippen LogP contribution >= 0.6 is 11.6 Å². The number of aromatic nitrogens is 1. The quantitative estimate of drug-likeness (QED) is 0.431. The maximum absolute atomic E-state index is 9.09. The van der Waals surface area contributed by atoms with Crippen LogP contribution in [0.15, 0.2) is 66.9 Å². The van der Waals surface area contributed by atoms with Crippen molar-refractivity contribution in [2.75, 3.05) is 23.3 Å². The molecular weight excluding hydrogens is 454 g/mol. The minimum Gasteiger partial charge on any atom is -0.370 e. The zero-order valence-electron chi connectivity index (χ0n) is 20.0. The summed E-state index contributed by atoms with van der Waals surface area (Å²) in [5, 5.41) is 17.6. The van der Waals surface area contributed by atoms with Gasteiger partial charge in [0.15, 0.2) is 0 Å². The summed E-state index contributed by atoms with van der Waals surface area (Å²) in [6, 6.07) is 23.5. The number of piperidine rings is 1. The van der Waals surface area contributed by atoms with Crippen molar-refractivity contribution in [3.8, 4) is 17.2 Å². The third kappa shape index (κ3) is 5.96. The summed E-state index contributed by atoms with van der Waals surface area (Å²) in [6.07, 6.45) is 9.07. The number of nitrogens with zero attached hydrogens (tertiary/aromatic N) is 3. The molecule has 1 aliphatic carbocycles. The van der Waals surface area contributed by atoms with E-state index in [4.69, 9.17) is 16.9 Å². The molecule has 0 unspecified atom stereocenters. The Morgan fingerprint density at radius 2 is 1.71 bits per heavy atom. The summed E-state index contributed by atoms with van der Waals surface area (Å²) in [6.45, 7) is 2.06. The Hall–Kier alpha value is -3.07. The van der Waals surface area contributed by atoms with Crippen LogP contribution in [-0.4, -0.2) is 36.2 Å². The number of benzene rings is 2. The standard InChI is InChI=1S/C29H32ClN5/c30-24-6-3-5-22(17-24)23-14-15-32-29(18-23)34-28-9-2-1-8-27(28)33-25-7-4-16-35(20-25)26-12-10-21(19-31)11-13-26/h3,5-6,10-15,17-18,25,27-28,33H,1-2,4,7-9,16,20H2,(H,32,34)/t25-,27+,28+/m0/s1. The van der Waals surface area contributed by atoms with Crippen LogP contribution in [0.4, 0.5) is 11.5 Å². The topological polar surface area (TPSA) is 64.0 Å². The smallest absolute Gasteiger partial charge is 0.126 e. The molecule has 2 aromatic carbocycles. The Kier molecular flexibility index (Phi) is 7.51. The molecule has 2 N–H and O–H groups in total. The van der Waals surface area contributed by atoms with Crippen molar-refractivity contribution in [1.29, 1.82) is 5.26 Å². The zero-order chi connectivity index (χ0) is 24.0. The molecule has 0 amide bonds. The van der Waals surface area contributed by atoms with E-state index in [1.165, 1.54) is 37.8 Å². The number of hydrogen-bond acceptors (Lipinski definition) is 5. The molecule has 180 valence electrons. The predicted octanol–water partition coefficient (Wildman–Crippen LogP) is 6.26. The number of nitrogens with one attached hydrogen (secondary N) is 2. The molecule has 0 spiro atoms. The molecule has 0 radical (unpaired) electrons. The van der Waals surface area contributed by atoms with Gasteiger partial charge in [-0.3, -0.25) is 0 Å². The van der Waals surface area contributed by atoms with Crippen molar-refractivity contribution in [2.24, 2.45) is 0 Å². The van der Waals surface area contributed by atoms with Crippen LogP contribution in [0.25, 0.3) is 11.1 Å². The SMILES string of the molecule is N#Cc1ccc(N2CCC[C@H](N[C@@H]3CCCC[C@H]3Nc3cc(-c4cccc(Cl)c4)ccn3)C2)cc1. The highest BCUT2D eigenvalue weighted by Gasteiger charge is 2.29. The Bertz CT molecular complexity index is 1170. The number of nitriles is 1. The van der Waals surface area contributed by atoms with Gasteiger partial charge in [-0.15, -0.1) is 0 Å². The van der Waals surface area contributed by atoms with Crippen molar-refractivity contribution >= 4 is 23.1 Å². The van der Waals surface area contributed by atoms with Crippen molar-refractivity contribution in [3.05, 3.63) is 77.4 Å². The van der Waals surface area contributed by atoms with E-state index in [0.29, 0.717) is 23.7 Å². The lowest BCUT2D eigenvalue weighted by Gasteiger charge is -2.40. The maximum atomic E-state index is 9.09. The molecule has 1 aliphatic heterocycles. The molecular formula is C29H32ClN5. The van der Waals surface area contributed by atoms with Crippen LogP contribution < -0.4 is 15.5 Å². The second kappa shape index (κ2) is 11.1. The number of rotatable bonds is 6. The van der Waals surface area contributed by atoms with Gasteiger partial charge in [0.2, 0.25) is 0 Å². The van der Waals surface area contributed by atoms with Gasteiger partial charge in [-0.25, -0.2) is 4.98 Å². The molecule has 2 fully saturated rings. The summed E-state index contributed by atoms with van der Waals surface area (Å²) in [4.78, 5) is 7.07. The Labute approximate surface area is 213 Å². The van der Waals surface area contributed by atoms with E-state index in [-0.39, 0.29) is 0 Å². The van der Waals surface area contributed by atoms with Gasteiger partial charge in [0.25, 0.3) is 0 Å². The van der Waals surface area contributed by atoms with E-state index >= 15 is 0 Å². The minimum absolute atomic E-state index is 0.358. The fraction of sp³-hybridized carbons (Fsp3) is 0.379. The van der Waals surface area contributed by atoms with Gasteiger partial charge in [0, 0.05) is 48.1 Å². The van der Waals surface area contributed by atoms with Crippen molar-refractivity contribution < 1.29 is 0 Å². The highest BCUT2D eigenvalue weighted by Crippen LogP contribution is 2.28. The normalized spacial score (nSPS) is 22.4. The van der Waals surface area contributed by atoms with E-state index in [9.17, 15) is 0 Å². The van der Waals surface area contributed by atoms with Gasteiger partial charge in [0.1, 0.15) is 5.82 Å². The van der Waals surface area contributed by atoms with Crippen molar-refractivity contribution in [2.45, 2.75) is 56.7 Å². The summed E-state index contributed by atoms with van der Waals surface area (Å²) in [5.41, 5.74) is 4.14. The van der Waals surface area contributed by atoms with Crippen LogP contribution in [0.3, 0.4) is 0 Å². The first kappa shape index (κ1) is 23.7. The highest BCUT2D eigenvalue weighted by atomic mass is 35.5. The molecule has 6 heteroatoms. The monoisotopic (exact) mass is 485 g/mol. The number of pyridine rings is 1. The average molecular weight is 486 g/mol. The van der Waals surface area contributed by atoms with E-state index < -0.39 is 0 Å². The molecule has 2 heterocycles. The highest BCUT2D eigenvalue weighted by molar-refractivity contribution is 6.30. The summed E-state index contributed by atoms with van der Waals surface area (Å²) in [7, 11) is 0. The van der Waals surface area contributed by atoms with Gasteiger partial charge in [-0.1, -0.05) is 36.6 Å². The molecule has 5 rings (SSSR count). The lowest BCUT2D eigenvalue weighted by atomic mass is 9.89. The Balaban J connectivity index is 1.24. The molecule has 35 heavy (non-hydrogen) atoms. The fourth-order valence-corrected chi connectivity index (χ4v) is 5.64. The Morgan fingerprint density at radius 3 is 2.51 bits per heavy atom. The largest absolute Gasteiger partial charge is 0.370 e. The molecule has 3 aromatic rings. The average Bonchev–Trinajstić information content (AvgIpc) is 2.90. The van der Waals surface area contributed by atoms with E-state index in [1.54, 1.807) is 0 Å². The number of anilines is 2. The molecule has 3 atom stereocenters. The molecule has 1 saturated heterocycles. The third-order valence-corrected chi connectivity index (χ3v) is 7.48. The lowest BCUT2D eigenvalue weighted by molar-refractivity contribution is 0.293. The summed E-state index contributed by atoms with van der Waals surface area (Å²) in [5.74, 6) is 0.920. The second-order valence-electron chi connectivity index (χ2n) is 9.69. The van der Waals surface area contributed by atoms with Crippen LogP contribution in [0.1, 0.15) is 44.1 Å². The summed E-state index contributed by atoms with van der Waals surface area (Å²) >= 11 is 6.21. The lowest BCUT2D eigenvalue weighted by Crippen LogP contribution is -2.54. The second-order valence-corrected chi connectivity index (χ2v) is 10.1. The molecule has 1 aromatic heterocycles. The van der Waals surface area contributed by atoms with Gasteiger partial charge in [-0.2, -0.15) is 5.26 Å². The molecule has 2 aliphatic rings. The van der Waals surface area contributed by atoms with Gasteiger partial charge < -0.3 is 15.5 Å². The fourth-order valence-electron chi connectivity index (χ4n) is 5.45. The molecule has 0 bridgehead atoms. The predicted molar refractivity (Wildman–Crippen MR) is 144 cm³/mol. The molecule has 5 nitrogen and oxygen atoms in total. The zero-order valence-corrected chi connectivity index (χ0v) is 20.7. The third-order valence-electron chi connectivity index (χ3n) is 7.25.